The molecule has 5 unspecified atom stereocenters. The van der Waals surface area contributed by atoms with Gasteiger partial charge in [0.2, 0.25) is 5.91 Å². The molecule has 9 atom stereocenters. The molecule has 4 aliphatic rings. The molecule has 0 aromatic carbocycles. The van der Waals surface area contributed by atoms with Gasteiger partial charge in [0.25, 0.3) is 0 Å². The van der Waals surface area contributed by atoms with E-state index in [2.05, 4.69) is 38.3 Å². The fourth-order valence-corrected chi connectivity index (χ4v) is 9.59. The fourth-order valence-electron chi connectivity index (χ4n) is 9.59. The van der Waals surface area contributed by atoms with E-state index in [0.717, 1.165) is 35.5 Å². The maximum atomic E-state index is 12.0. The highest BCUT2D eigenvalue weighted by Gasteiger charge is 2.60. The number of carbonyl (C=O) groups excluding carboxylic acids is 1. The SMILES string of the molecule is CCC[C@@H](C)[C@H]1CCC2C3CCC4CC(NCC(=O)NCCN)CC[C@]4(C)C3CC[C@@]21C. The predicted molar refractivity (Wildman–Crippen MR) is 133 cm³/mol. The summed E-state index contributed by atoms with van der Waals surface area (Å²) in [6.45, 7) is 11.8. The Balaban J connectivity index is 1.38. The highest BCUT2D eigenvalue weighted by Crippen LogP contribution is 2.68. The summed E-state index contributed by atoms with van der Waals surface area (Å²) >= 11 is 0. The molecule has 0 heterocycles. The molecule has 4 N–H and O–H groups in total. The minimum absolute atomic E-state index is 0.0900. The van der Waals surface area contributed by atoms with Gasteiger partial charge in [-0.05, 0) is 104 Å². The summed E-state index contributed by atoms with van der Waals surface area (Å²) in [6, 6.07) is 0.507. The van der Waals surface area contributed by atoms with E-state index in [1.807, 2.05) is 0 Å². The molecular formula is C28H51N3O. The van der Waals surface area contributed by atoms with E-state index in [1.54, 1.807) is 0 Å². The summed E-state index contributed by atoms with van der Waals surface area (Å²) < 4.78 is 0. The topological polar surface area (TPSA) is 67.2 Å². The third kappa shape index (κ3) is 4.40. The van der Waals surface area contributed by atoms with Gasteiger partial charge in [-0.1, -0.05) is 40.5 Å². The van der Waals surface area contributed by atoms with Gasteiger partial charge in [-0.15, -0.1) is 0 Å². The highest BCUT2D eigenvalue weighted by atomic mass is 16.1. The molecule has 4 saturated carbocycles. The van der Waals surface area contributed by atoms with Crippen molar-refractivity contribution in [1.82, 2.24) is 10.6 Å². The molecule has 4 fully saturated rings. The summed E-state index contributed by atoms with van der Waals surface area (Å²) in [4.78, 5) is 12.0. The van der Waals surface area contributed by atoms with Gasteiger partial charge in [0.05, 0.1) is 6.54 Å². The van der Waals surface area contributed by atoms with Gasteiger partial charge in [-0.3, -0.25) is 4.79 Å². The van der Waals surface area contributed by atoms with Crippen LogP contribution in [0.5, 0.6) is 0 Å². The van der Waals surface area contributed by atoms with Crippen molar-refractivity contribution in [3.63, 3.8) is 0 Å². The van der Waals surface area contributed by atoms with Crippen LogP contribution >= 0.6 is 0 Å². The number of nitrogens with one attached hydrogen (secondary N) is 2. The monoisotopic (exact) mass is 445 g/mol. The zero-order valence-corrected chi connectivity index (χ0v) is 21.4. The molecule has 4 aliphatic carbocycles. The van der Waals surface area contributed by atoms with E-state index in [0.29, 0.717) is 36.5 Å². The van der Waals surface area contributed by atoms with Crippen LogP contribution in [0.4, 0.5) is 0 Å². The van der Waals surface area contributed by atoms with Gasteiger partial charge < -0.3 is 16.4 Å². The predicted octanol–water partition coefficient (Wildman–Crippen LogP) is 5.11. The first-order valence-corrected chi connectivity index (χ1v) is 14.0. The van der Waals surface area contributed by atoms with Crippen LogP contribution in [0.1, 0.15) is 98.3 Å². The Kier molecular flexibility index (Phi) is 7.61. The molecule has 32 heavy (non-hydrogen) atoms. The molecule has 0 aliphatic heterocycles. The molecule has 4 nitrogen and oxygen atoms in total. The highest BCUT2D eigenvalue weighted by molar-refractivity contribution is 5.77. The van der Waals surface area contributed by atoms with Crippen molar-refractivity contribution in [2.45, 2.75) is 104 Å². The smallest absolute Gasteiger partial charge is 0.234 e. The summed E-state index contributed by atoms with van der Waals surface area (Å²) in [7, 11) is 0. The van der Waals surface area contributed by atoms with Crippen LogP contribution < -0.4 is 16.4 Å². The average Bonchev–Trinajstić information content (AvgIpc) is 3.13. The number of hydrogen-bond donors (Lipinski definition) is 3. The molecule has 0 spiro atoms. The Labute approximate surface area is 197 Å². The van der Waals surface area contributed by atoms with Crippen molar-refractivity contribution < 1.29 is 4.79 Å². The number of carbonyl (C=O) groups is 1. The second kappa shape index (κ2) is 9.94. The van der Waals surface area contributed by atoms with Crippen molar-refractivity contribution in [1.29, 1.82) is 0 Å². The van der Waals surface area contributed by atoms with E-state index in [4.69, 9.17) is 5.73 Å². The molecule has 0 aromatic heterocycles. The van der Waals surface area contributed by atoms with Gasteiger partial charge in [0, 0.05) is 19.1 Å². The lowest BCUT2D eigenvalue weighted by Crippen LogP contribution is -2.55. The largest absolute Gasteiger partial charge is 0.354 e. The van der Waals surface area contributed by atoms with Crippen LogP contribution in [0.15, 0.2) is 0 Å². The summed E-state index contributed by atoms with van der Waals surface area (Å²) in [6.07, 6.45) is 15.4. The second-order valence-corrected chi connectivity index (χ2v) is 12.6. The van der Waals surface area contributed by atoms with Crippen LogP contribution in [-0.2, 0) is 4.79 Å². The van der Waals surface area contributed by atoms with E-state index in [-0.39, 0.29) is 5.91 Å². The third-order valence-electron chi connectivity index (χ3n) is 11.2. The Hall–Kier alpha value is -0.610. The van der Waals surface area contributed by atoms with E-state index < -0.39 is 0 Å². The van der Waals surface area contributed by atoms with Crippen molar-refractivity contribution in [2.24, 2.45) is 52.1 Å². The number of rotatable bonds is 8. The Morgan fingerprint density at radius 3 is 2.53 bits per heavy atom. The van der Waals surface area contributed by atoms with Gasteiger partial charge in [-0.2, -0.15) is 0 Å². The van der Waals surface area contributed by atoms with Crippen molar-refractivity contribution in [3.05, 3.63) is 0 Å². The first-order valence-electron chi connectivity index (χ1n) is 14.0. The van der Waals surface area contributed by atoms with E-state index in [9.17, 15) is 4.79 Å². The van der Waals surface area contributed by atoms with Crippen molar-refractivity contribution >= 4 is 5.91 Å². The quantitative estimate of drug-likeness (QED) is 0.486. The van der Waals surface area contributed by atoms with Crippen molar-refractivity contribution in [2.75, 3.05) is 19.6 Å². The average molecular weight is 446 g/mol. The lowest BCUT2D eigenvalue weighted by molar-refractivity contribution is -0.122. The zero-order valence-electron chi connectivity index (χ0n) is 21.4. The van der Waals surface area contributed by atoms with Crippen LogP contribution in [0.2, 0.25) is 0 Å². The first-order chi connectivity index (χ1) is 15.3. The number of nitrogens with two attached hydrogens (primary N) is 1. The van der Waals surface area contributed by atoms with Crippen LogP contribution in [0, 0.1) is 46.3 Å². The first kappa shape index (κ1) is 24.5. The fraction of sp³-hybridized carbons (Fsp3) is 0.964. The maximum Gasteiger partial charge on any atom is 0.234 e. The number of fused-ring (bicyclic) bond motifs is 5. The maximum absolute atomic E-state index is 12.0. The molecule has 4 rings (SSSR count). The van der Waals surface area contributed by atoms with E-state index in [1.165, 1.54) is 70.6 Å². The minimum Gasteiger partial charge on any atom is -0.354 e. The number of hydrogen-bond acceptors (Lipinski definition) is 3. The Morgan fingerprint density at radius 1 is 1.03 bits per heavy atom. The molecule has 0 radical (unpaired) electrons. The molecule has 0 aromatic rings. The van der Waals surface area contributed by atoms with Gasteiger partial charge in [0.15, 0.2) is 0 Å². The molecule has 1 amide bonds. The molecular weight excluding hydrogens is 394 g/mol. The van der Waals surface area contributed by atoms with Crippen LogP contribution in [-0.4, -0.2) is 31.6 Å². The zero-order chi connectivity index (χ0) is 22.9. The Morgan fingerprint density at radius 2 is 1.78 bits per heavy atom. The molecule has 0 bridgehead atoms. The van der Waals surface area contributed by atoms with E-state index >= 15 is 0 Å². The molecule has 0 saturated heterocycles. The summed E-state index contributed by atoms with van der Waals surface area (Å²) in [5.41, 5.74) is 6.63. The normalized spacial score (nSPS) is 44.3. The molecule has 184 valence electrons. The van der Waals surface area contributed by atoms with Crippen LogP contribution in [0.3, 0.4) is 0 Å². The third-order valence-corrected chi connectivity index (χ3v) is 11.2. The van der Waals surface area contributed by atoms with Gasteiger partial charge >= 0.3 is 0 Å². The summed E-state index contributed by atoms with van der Waals surface area (Å²) in [5, 5.41) is 6.46. The lowest BCUT2D eigenvalue weighted by Gasteiger charge is -2.61. The van der Waals surface area contributed by atoms with Crippen molar-refractivity contribution in [3.8, 4) is 0 Å². The summed E-state index contributed by atoms with van der Waals surface area (Å²) in [5.74, 6) is 5.68. The van der Waals surface area contributed by atoms with Gasteiger partial charge in [-0.25, -0.2) is 0 Å². The number of amides is 1. The molecule has 4 heteroatoms. The van der Waals surface area contributed by atoms with Crippen LogP contribution in [0.25, 0.3) is 0 Å². The lowest BCUT2D eigenvalue weighted by atomic mass is 9.44. The second-order valence-electron chi connectivity index (χ2n) is 12.6. The standard InChI is InChI=1S/C28H51N3O/c1-5-6-19(2)23-9-10-24-22-8-7-20-17-21(31-18-26(32)30-16-15-29)11-13-27(20,3)25(22)12-14-28(23,24)4/h19-25,31H,5-18,29H2,1-4H3,(H,30,32)/t19-,20?,21?,22?,23-,24?,25?,27+,28-/m1/s1. The Bertz CT molecular complexity index is 653. The minimum atomic E-state index is 0.0900. The van der Waals surface area contributed by atoms with Gasteiger partial charge in [0.1, 0.15) is 0 Å².